The first-order valence-corrected chi connectivity index (χ1v) is 6.54. The van der Waals surface area contributed by atoms with Gasteiger partial charge in [-0.15, -0.1) is 0 Å². The molecule has 0 spiro atoms. The van der Waals surface area contributed by atoms with Crippen LogP contribution < -0.4 is 14.8 Å². The molecule has 1 amide bonds. The largest absolute Gasteiger partial charge is 0.478 e. The summed E-state index contributed by atoms with van der Waals surface area (Å²) in [7, 11) is 1.43. The molecule has 10 heteroatoms. The first kappa shape index (κ1) is 14.3. The molecule has 0 saturated heterocycles. The van der Waals surface area contributed by atoms with E-state index in [0.717, 1.165) is 11.1 Å². The van der Waals surface area contributed by atoms with E-state index in [4.69, 9.17) is 4.74 Å². The highest BCUT2D eigenvalue weighted by Crippen LogP contribution is 2.21. The van der Waals surface area contributed by atoms with Crippen molar-refractivity contribution in [2.75, 3.05) is 11.9 Å². The summed E-state index contributed by atoms with van der Waals surface area (Å²) >= 11 is 0. The number of anilines is 1. The summed E-state index contributed by atoms with van der Waals surface area (Å²) in [4.78, 5) is 12.1. The predicted molar refractivity (Wildman–Crippen MR) is 70.1 cm³/mol. The molecule has 2 aromatic heterocycles. The number of halogens is 2. The Morgan fingerprint density at radius 3 is 3.00 bits per heavy atom. The van der Waals surface area contributed by atoms with Crippen LogP contribution in [-0.4, -0.2) is 38.7 Å². The molecule has 0 radical (unpaired) electrons. The molecule has 0 aliphatic carbocycles. The maximum atomic E-state index is 12.2. The highest BCUT2D eigenvalue weighted by molar-refractivity contribution is 6.02. The van der Waals surface area contributed by atoms with Gasteiger partial charge in [-0.2, -0.15) is 19.0 Å². The van der Waals surface area contributed by atoms with E-state index >= 15 is 0 Å². The van der Waals surface area contributed by atoms with E-state index in [1.165, 1.54) is 19.2 Å². The molecule has 0 aromatic carbocycles. The van der Waals surface area contributed by atoms with Gasteiger partial charge in [0.15, 0.2) is 11.5 Å². The normalized spacial score (nSPS) is 13.6. The Kier molecular flexibility index (Phi) is 3.65. The number of nitrogens with zero attached hydrogens (tertiary/aromatic N) is 4. The lowest BCUT2D eigenvalue weighted by atomic mass is 10.4. The van der Waals surface area contributed by atoms with E-state index in [1.54, 1.807) is 4.68 Å². The SMILES string of the molecule is Cn1nc(NC(=O)c2cc3n(n2)CCCO3)cc1OC(F)F. The van der Waals surface area contributed by atoms with E-state index in [-0.39, 0.29) is 17.4 Å². The van der Waals surface area contributed by atoms with E-state index in [1.807, 2.05) is 0 Å². The van der Waals surface area contributed by atoms with Crippen LogP contribution in [0.15, 0.2) is 12.1 Å². The number of aromatic nitrogens is 4. The van der Waals surface area contributed by atoms with Gasteiger partial charge < -0.3 is 14.8 Å². The number of amides is 1. The van der Waals surface area contributed by atoms with Crippen LogP contribution in [0.1, 0.15) is 16.9 Å². The van der Waals surface area contributed by atoms with Crippen LogP contribution in [0, 0.1) is 0 Å². The first-order chi connectivity index (χ1) is 10.5. The van der Waals surface area contributed by atoms with Crippen LogP contribution in [0.4, 0.5) is 14.6 Å². The lowest BCUT2D eigenvalue weighted by molar-refractivity contribution is -0.0553. The minimum atomic E-state index is -2.96. The molecule has 0 fully saturated rings. The quantitative estimate of drug-likeness (QED) is 0.918. The number of carbonyl (C=O) groups excluding carboxylic acids is 1. The van der Waals surface area contributed by atoms with Gasteiger partial charge in [-0.05, 0) is 0 Å². The molecule has 0 atom stereocenters. The zero-order valence-electron chi connectivity index (χ0n) is 11.6. The van der Waals surface area contributed by atoms with Gasteiger partial charge in [0, 0.05) is 32.1 Å². The summed E-state index contributed by atoms with van der Waals surface area (Å²) in [5.41, 5.74) is 0.166. The van der Waals surface area contributed by atoms with Crippen molar-refractivity contribution in [3.8, 4) is 11.8 Å². The van der Waals surface area contributed by atoms with Crippen molar-refractivity contribution in [1.29, 1.82) is 0 Å². The number of alkyl halides is 2. The Balaban J connectivity index is 1.72. The van der Waals surface area contributed by atoms with E-state index in [0.29, 0.717) is 19.0 Å². The molecule has 3 heterocycles. The smallest absolute Gasteiger partial charge is 0.388 e. The predicted octanol–water partition coefficient (Wildman–Crippen LogP) is 1.25. The monoisotopic (exact) mass is 313 g/mol. The number of rotatable bonds is 4. The Morgan fingerprint density at radius 2 is 2.27 bits per heavy atom. The topological polar surface area (TPSA) is 83.2 Å². The van der Waals surface area contributed by atoms with Gasteiger partial charge in [0.1, 0.15) is 0 Å². The summed E-state index contributed by atoms with van der Waals surface area (Å²) in [6.45, 7) is -1.70. The van der Waals surface area contributed by atoms with Gasteiger partial charge in [0.2, 0.25) is 11.8 Å². The Hall–Kier alpha value is -2.65. The fourth-order valence-corrected chi connectivity index (χ4v) is 2.07. The van der Waals surface area contributed by atoms with Crippen molar-refractivity contribution in [3.05, 3.63) is 17.8 Å². The lowest BCUT2D eigenvalue weighted by Crippen LogP contribution is -2.16. The number of ether oxygens (including phenoxy) is 2. The van der Waals surface area contributed by atoms with Crippen LogP contribution in [0.3, 0.4) is 0 Å². The Labute approximate surface area is 123 Å². The Morgan fingerprint density at radius 1 is 1.45 bits per heavy atom. The standard InChI is InChI=1S/C12H13F2N5O3/c1-18-9(22-12(13)14)6-8(17-18)15-11(20)7-5-10-19(16-7)3-2-4-21-10/h5-6,12H,2-4H2,1H3,(H,15,17,20). The molecule has 2 aromatic rings. The summed E-state index contributed by atoms with van der Waals surface area (Å²) in [5, 5.41) is 10.5. The summed E-state index contributed by atoms with van der Waals surface area (Å²) in [6.07, 6.45) is 0.824. The summed E-state index contributed by atoms with van der Waals surface area (Å²) in [5.74, 6) is -0.0425. The zero-order chi connectivity index (χ0) is 15.7. The molecule has 1 aliphatic heterocycles. The highest BCUT2D eigenvalue weighted by atomic mass is 19.3. The van der Waals surface area contributed by atoms with Crippen molar-refractivity contribution in [2.45, 2.75) is 19.6 Å². The molecule has 1 aliphatic rings. The fourth-order valence-electron chi connectivity index (χ4n) is 2.07. The second kappa shape index (κ2) is 5.62. The molecule has 22 heavy (non-hydrogen) atoms. The van der Waals surface area contributed by atoms with E-state index < -0.39 is 12.5 Å². The van der Waals surface area contributed by atoms with Gasteiger partial charge in [0.05, 0.1) is 6.61 Å². The lowest BCUT2D eigenvalue weighted by Gasteiger charge is -2.13. The van der Waals surface area contributed by atoms with Crippen molar-refractivity contribution >= 4 is 11.7 Å². The zero-order valence-corrected chi connectivity index (χ0v) is 11.6. The molecule has 0 saturated carbocycles. The van der Waals surface area contributed by atoms with Crippen molar-refractivity contribution in [2.24, 2.45) is 7.05 Å². The van der Waals surface area contributed by atoms with Crippen molar-refractivity contribution in [1.82, 2.24) is 19.6 Å². The molecule has 8 nitrogen and oxygen atoms in total. The van der Waals surface area contributed by atoms with Gasteiger partial charge >= 0.3 is 6.61 Å². The van der Waals surface area contributed by atoms with E-state index in [9.17, 15) is 13.6 Å². The van der Waals surface area contributed by atoms with Crippen molar-refractivity contribution in [3.63, 3.8) is 0 Å². The number of fused-ring (bicyclic) bond motifs is 1. The maximum Gasteiger partial charge on any atom is 0.388 e. The number of hydrogen-bond acceptors (Lipinski definition) is 5. The number of nitrogens with one attached hydrogen (secondary N) is 1. The van der Waals surface area contributed by atoms with Crippen LogP contribution in [0.5, 0.6) is 11.8 Å². The molecule has 118 valence electrons. The molecule has 0 unspecified atom stereocenters. The van der Waals surface area contributed by atoms with Crippen molar-refractivity contribution < 1.29 is 23.0 Å². The molecular formula is C12H13F2N5O3. The molecule has 0 bridgehead atoms. The number of aryl methyl sites for hydroxylation is 2. The maximum absolute atomic E-state index is 12.2. The number of carbonyl (C=O) groups is 1. The highest BCUT2D eigenvalue weighted by Gasteiger charge is 2.19. The first-order valence-electron chi connectivity index (χ1n) is 6.54. The fraction of sp³-hybridized carbons (Fsp3) is 0.417. The molecular weight excluding hydrogens is 300 g/mol. The van der Waals surface area contributed by atoms with Crippen LogP contribution >= 0.6 is 0 Å². The minimum Gasteiger partial charge on any atom is -0.478 e. The van der Waals surface area contributed by atoms with Gasteiger partial charge in [-0.25, -0.2) is 9.36 Å². The second-order valence-corrected chi connectivity index (χ2v) is 4.62. The van der Waals surface area contributed by atoms with Crippen LogP contribution in [-0.2, 0) is 13.6 Å². The molecule has 3 rings (SSSR count). The van der Waals surface area contributed by atoms with Gasteiger partial charge in [-0.3, -0.25) is 4.79 Å². The average Bonchev–Trinajstić information content (AvgIpc) is 3.02. The third-order valence-electron chi connectivity index (χ3n) is 3.03. The summed E-state index contributed by atoms with van der Waals surface area (Å²) < 4.78 is 36.7. The minimum absolute atomic E-state index is 0.0926. The van der Waals surface area contributed by atoms with Gasteiger partial charge in [-0.1, -0.05) is 0 Å². The molecule has 1 N–H and O–H groups in total. The van der Waals surface area contributed by atoms with E-state index in [2.05, 4.69) is 20.3 Å². The number of hydrogen-bond donors (Lipinski definition) is 1. The third-order valence-corrected chi connectivity index (χ3v) is 3.03. The van der Waals surface area contributed by atoms with Crippen LogP contribution in [0.25, 0.3) is 0 Å². The summed E-state index contributed by atoms with van der Waals surface area (Å²) in [6, 6.07) is 2.73. The second-order valence-electron chi connectivity index (χ2n) is 4.62. The van der Waals surface area contributed by atoms with Gasteiger partial charge in [0.25, 0.3) is 5.91 Å². The Bertz CT molecular complexity index is 673. The average molecular weight is 313 g/mol. The van der Waals surface area contributed by atoms with Crippen LogP contribution in [0.2, 0.25) is 0 Å². The third kappa shape index (κ3) is 2.85.